The monoisotopic (exact) mass is 267 g/mol. The molecular weight excluding hydrogens is 250 g/mol. The number of aromatic nitrogens is 2. The molecule has 3 rings (SSSR count). The summed E-state index contributed by atoms with van der Waals surface area (Å²) < 4.78 is 5.27. The number of hydrogen-bond acceptors (Lipinski definition) is 4. The highest BCUT2D eigenvalue weighted by Gasteiger charge is 2.24. The maximum atomic E-state index is 8.82. The lowest BCUT2D eigenvalue weighted by Crippen LogP contribution is -2.13. The topological polar surface area (TPSA) is 62.7 Å². The lowest BCUT2D eigenvalue weighted by atomic mass is 9.83. The SMILES string of the molecule is CC(C#N)Cc1nc(C2CCc3ccccc3C2)no1. The van der Waals surface area contributed by atoms with Crippen LogP contribution in [0.2, 0.25) is 0 Å². The Bertz CT molecular complexity index is 641. The van der Waals surface area contributed by atoms with Gasteiger partial charge in [-0.2, -0.15) is 10.2 Å². The number of fused-ring (bicyclic) bond motifs is 1. The molecule has 2 unspecified atom stereocenters. The van der Waals surface area contributed by atoms with E-state index in [1.165, 1.54) is 11.1 Å². The van der Waals surface area contributed by atoms with Crippen LogP contribution in [-0.4, -0.2) is 10.1 Å². The molecule has 0 spiro atoms. The number of nitrogens with zero attached hydrogens (tertiary/aromatic N) is 3. The fourth-order valence-corrected chi connectivity index (χ4v) is 2.74. The van der Waals surface area contributed by atoms with Crippen LogP contribution < -0.4 is 0 Å². The third-order valence-corrected chi connectivity index (χ3v) is 3.90. The number of aryl methyl sites for hydroxylation is 1. The number of hydrogen-bond donors (Lipinski definition) is 0. The van der Waals surface area contributed by atoms with Gasteiger partial charge in [0.05, 0.1) is 12.0 Å². The molecule has 0 saturated carbocycles. The maximum absolute atomic E-state index is 8.82. The molecule has 1 aliphatic carbocycles. The van der Waals surface area contributed by atoms with Crippen molar-refractivity contribution >= 4 is 0 Å². The van der Waals surface area contributed by atoms with E-state index in [-0.39, 0.29) is 5.92 Å². The predicted molar refractivity (Wildman–Crippen MR) is 74.0 cm³/mol. The van der Waals surface area contributed by atoms with Crippen molar-refractivity contribution < 1.29 is 4.52 Å². The average molecular weight is 267 g/mol. The van der Waals surface area contributed by atoms with E-state index in [0.717, 1.165) is 25.1 Å². The third kappa shape index (κ3) is 2.57. The van der Waals surface area contributed by atoms with Crippen LogP contribution in [0.25, 0.3) is 0 Å². The summed E-state index contributed by atoms with van der Waals surface area (Å²) in [5.74, 6) is 1.61. The van der Waals surface area contributed by atoms with Gasteiger partial charge in [-0.3, -0.25) is 0 Å². The minimum atomic E-state index is -0.0876. The first kappa shape index (κ1) is 12.9. The molecule has 1 heterocycles. The molecule has 1 aliphatic rings. The van der Waals surface area contributed by atoms with Crippen molar-refractivity contribution in [1.29, 1.82) is 5.26 Å². The predicted octanol–water partition coefficient (Wildman–Crippen LogP) is 3.04. The van der Waals surface area contributed by atoms with Crippen molar-refractivity contribution in [1.82, 2.24) is 10.1 Å². The molecule has 4 heteroatoms. The Kier molecular flexibility index (Phi) is 3.51. The van der Waals surface area contributed by atoms with Gasteiger partial charge in [0.25, 0.3) is 0 Å². The smallest absolute Gasteiger partial charge is 0.227 e. The number of rotatable bonds is 3. The minimum absolute atomic E-state index is 0.0876. The van der Waals surface area contributed by atoms with Gasteiger partial charge in [-0.1, -0.05) is 29.4 Å². The first-order valence-corrected chi connectivity index (χ1v) is 7.05. The lowest BCUT2D eigenvalue weighted by molar-refractivity contribution is 0.359. The van der Waals surface area contributed by atoms with Crippen molar-refractivity contribution in [2.24, 2.45) is 5.92 Å². The van der Waals surface area contributed by atoms with Gasteiger partial charge >= 0.3 is 0 Å². The van der Waals surface area contributed by atoms with Gasteiger partial charge in [-0.15, -0.1) is 0 Å². The van der Waals surface area contributed by atoms with E-state index in [2.05, 4.69) is 40.5 Å². The zero-order valence-electron chi connectivity index (χ0n) is 11.5. The Morgan fingerprint density at radius 2 is 2.20 bits per heavy atom. The van der Waals surface area contributed by atoms with Crippen LogP contribution in [0.5, 0.6) is 0 Å². The Hall–Kier alpha value is -2.15. The first-order chi connectivity index (χ1) is 9.76. The maximum Gasteiger partial charge on any atom is 0.227 e. The van der Waals surface area contributed by atoms with E-state index in [0.29, 0.717) is 18.2 Å². The second-order valence-electron chi connectivity index (χ2n) is 5.49. The lowest BCUT2D eigenvalue weighted by Gasteiger charge is -2.21. The fourth-order valence-electron chi connectivity index (χ4n) is 2.74. The second-order valence-corrected chi connectivity index (χ2v) is 5.49. The molecule has 102 valence electrons. The summed E-state index contributed by atoms with van der Waals surface area (Å²) in [6.07, 6.45) is 3.64. The zero-order chi connectivity index (χ0) is 13.9. The standard InChI is InChI=1S/C16H17N3O/c1-11(10-17)8-15-18-16(19-20-15)14-7-6-12-4-2-3-5-13(12)9-14/h2-5,11,14H,6-9H2,1H3. The van der Waals surface area contributed by atoms with E-state index < -0.39 is 0 Å². The molecule has 1 aromatic carbocycles. The van der Waals surface area contributed by atoms with Crippen LogP contribution in [0, 0.1) is 17.2 Å². The summed E-state index contributed by atoms with van der Waals surface area (Å²) in [6.45, 7) is 1.86. The van der Waals surface area contributed by atoms with Crippen molar-refractivity contribution in [3.63, 3.8) is 0 Å². The van der Waals surface area contributed by atoms with Crippen LogP contribution >= 0.6 is 0 Å². The van der Waals surface area contributed by atoms with E-state index >= 15 is 0 Å². The third-order valence-electron chi connectivity index (χ3n) is 3.90. The molecule has 0 bridgehead atoms. The first-order valence-electron chi connectivity index (χ1n) is 7.05. The van der Waals surface area contributed by atoms with Gasteiger partial charge in [0.1, 0.15) is 0 Å². The van der Waals surface area contributed by atoms with Crippen molar-refractivity contribution in [3.05, 3.63) is 47.1 Å². The minimum Gasteiger partial charge on any atom is -0.339 e. The van der Waals surface area contributed by atoms with Crippen LogP contribution in [0.15, 0.2) is 28.8 Å². The highest BCUT2D eigenvalue weighted by molar-refractivity contribution is 5.31. The normalized spacial score (nSPS) is 19.1. The Morgan fingerprint density at radius 3 is 3.00 bits per heavy atom. The number of nitriles is 1. The Balaban J connectivity index is 1.74. The van der Waals surface area contributed by atoms with E-state index in [1.54, 1.807) is 0 Å². The highest BCUT2D eigenvalue weighted by atomic mass is 16.5. The second kappa shape index (κ2) is 5.46. The van der Waals surface area contributed by atoms with E-state index in [9.17, 15) is 0 Å². The van der Waals surface area contributed by atoms with Crippen molar-refractivity contribution in [3.8, 4) is 6.07 Å². The van der Waals surface area contributed by atoms with Gasteiger partial charge in [0.15, 0.2) is 5.82 Å². The quantitative estimate of drug-likeness (QED) is 0.857. The van der Waals surface area contributed by atoms with Gasteiger partial charge < -0.3 is 4.52 Å². The molecule has 0 saturated heterocycles. The van der Waals surface area contributed by atoms with Gasteiger partial charge in [-0.25, -0.2) is 0 Å². The van der Waals surface area contributed by atoms with Gasteiger partial charge in [-0.05, 0) is 37.3 Å². The zero-order valence-corrected chi connectivity index (χ0v) is 11.5. The van der Waals surface area contributed by atoms with Crippen LogP contribution in [0.4, 0.5) is 0 Å². The van der Waals surface area contributed by atoms with Crippen molar-refractivity contribution in [2.75, 3.05) is 0 Å². The van der Waals surface area contributed by atoms with Crippen LogP contribution in [-0.2, 0) is 19.3 Å². The number of benzene rings is 1. The molecule has 0 fully saturated rings. The van der Waals surface area contributed by atoms with Crippen LogP contribution in [0.1, 0.15) is 42.1 Å². The largest absolute Gasteiger partial charge is 0.339 e. The molecule has 2 atom stereocenters. The molecule has 20 heavy (non-hydrogen) atoms. The fraction of sp³-hybridized carbons (Fsp3) is 0.438. The Morgan fingerprint density at radius 1 is 1.40 bits per heavy atom. The molecule has 0 radical (unpaired) electrons. The van der Waals surface area contributed by atoms with Crippen LogP contribution in [0.3, 0.4) is 0 Å². The van der Waals surface area contributed by atoms with E-state index in [4.69, 9.17) is 9.78 Å². The molecule has 0 aliphatic heterocycles. The summed E-state index contributed by atoms with van der Waals surface area (Å²) in [5.41, 5.74) is 2.83. The average Bonchev–Trinajstić information content (AvgIpc) is 2.95. The molecule has 0 N–H and O–H groups in total. The summed E-state index contributed by atoms with van der Waals surface area (Å²) in [5, 5.41) is 12.9. The van der Waals surface area contributed by atoms with E-state index in [1.807, 2.05) is 6.92 Å². The summed E-state index contributed by atoms with van der Waals surface area (Å²) >= 11 is 0. The Labute approximate surface area is 118 Å². The van der Waals surface area contributed by atoms with Crippen molar-refractivity contribution in [2.45, 2.75) is 38.5 Å². The summed E-state index contributed by atoms with van der Waals surface area (Å²) in [7, 11) is 0. The van der Waals surface area contributed by atoms with Gasteiger partial charge in [0, 0.05) is 12.3 Å². The molecule has 0 amide bonds. The summed E-state index contributed by atoms with van der Waals surface area (Å²) in [4.78, 5) is 4.47. The molecule has 1 aromatic heterocycles. The molecule has 4 nitrogen and oxygen atoms in total. The molecular formula is C16H17N3O. The summed E-state index contributed by atoms with van der Waals surface area (Å²) in [6, 6.07) is 10.7. The molecule has 2 aromatic rings. The highest BCUT2D eigenvalue weighted by Crippen LogP contribution is 2.31. The van der Waals surface area contributed by atoms with Gasteiger partial charge in [0.2, 0.25) is 5.89 Å².